The first kappa shape index (κ1) is 13.7. The molecule has 0 saturated carbocycles. The van der Waals surface area contributed by atoms with Crippen molar-refractivity contribution in [2.75, 3.05) is 10.9 Å². The average Bonchev–Trinajstić information content (AvgIpc) is 2.54. The number of pyridine rings is 1. The molecule has 110 valence electrons. The van der Waals surface area contributed by atoms with Crippen molar-refractivity contribution in [3.05, 3.63) is 54.2 Å². The van der Waals surface area contributed by atoms with Crippen molar-refractivity contribution < 1.29 is 5.11 Å². The molecule has 7 heteroatoms. The average molecular weight is 294 g/mol. The minimum absolute atomic E-state index is 0.203. The number of aryl methyl sites for hydroxylation is 1. The second-order valence-electron chi connectivity index (χ2n) is 4.62. The molecular weight excluding hydrogens is 280 g/mol. The Kier molecular flexibility index (Phi) is 3.78. The number of nitrogens with zero attached hydrogens (tertiary/aromatic N) is 4. The summed E-state index contributed by atoms with van der Waals surface area (Å²) in [6, 6.07) is 12.8. The summed E-state index contributed by atoms with van der Waals surface area (Å²) in [5, 5.41) is 9.65. The lowest BCUT2D eigenvalue weighted by molar-refractivity contribution is 0.430. The third kappa shape index (κ3) is 3.26. The van der Waals surface area contributed by atoms with Gasteiger partial charge in [0.05, 0.1) is 5.69 Å². The van der Waals surface area contributed by atoms with Crippen LogP contribution in [0, 0.1) is 6.92 Å². The molecule has 0 amide bonds. The van der Waals surface area contributed by atoms with Gasteiger partial charge in [0.25, 0.3) is 0 Å². The number of nitrogens with one attached hydrogen (secondary N) is 2. The molecule has 3 rings (SSSR count). The first-order valence-electron chi connectivity index (χ1n) is 6.66. The van der Waals surface area contributed by atoms with Gasteiger partial charge in [0.1, 0.15) is 5.69 Å². The number of para-hydroxylation sites is 1. The molecule has 0 fully saturated rings. The first-order valence-corrected chi connectivity index (χ1v) is 6.66. The SMILES string of the molecule is Cc1ccc(-c2nc(O)nc(NNc3ccccc3)n2)nc1. The Morgan fingerprint density at radius 2 is 1.73 bits per heavy atom. The number of aromatic hydroxyl groups is 1. The number of anilines is 2. The van der Waals surface area contributed by atoms with Gasteiger partial charge >= 0.3 is 6.01 Å². The highest BCUT2D eigenvalue weighted by molar-refractivity contribution is 5.53. The number of hydrazine groups is 1. The van der Waals surface area contributed by atoms with Crippen LogP contribution in [-0.4, -0.2) is 25.0 Å². The number of aromatic nitrogens is 4. The lowest BCUT2D eigenvalue weighted by Crippen LogP contribution is -2.12. The molecule has 2 heterocycles. The van der Waals surface area contributed by atoms with Gasteiger partial charge in [0, 0.05) is 6.20 Å². The van der Waals surface area contributed by atoms with Gasteiger partial charge in [-0.05, 0) is 30.7 Å². The summed E-state index contributed by atoms with van der Waals surface area (Å²) < 4.78 is 0. The normalized spacial score (nSPS) is 10.2. The van der Waals surface area contributed by atoms with E-state index >= 15 is 0 Å². The summed E-state index contributed by atoms with van der Waals surface area (Å²) in [7, 11) is 0. The van der Waals surface area contributed by atoms with Crippen LogP contribution in [0.25, 0.3) is 11.5 Å². The summed E-state index contributed by atoms with van der Waals surface area (Å²) in [4.78, 5) is 16.2. The van der Waals surface area contributed by atoms with Crippen molar-refractivity contribution in [2.45, 2.75) is 6.92 Å². The molecule has 0 aliphatic carbocycles. The molecule has 7 nitrogen and oxygen atoms in total. The van der Waals surface area contributed by atoms with E-state index < -0.39 is 0 Å². The fourth-order valence-electron chi connectivity index (χ4n) is 1.78. The largest absolute Gasteiger partial charge is 0.479 e. The molecule has 0 atom stereocenters. The predicted molar refractivity (Wildman–Crippen MR) is 83.1 cm³/mol. The number of benzene rings is 1. The molecule has 0 bridgehead atoms. The molecule has 0 radical (unpaired) electrons. The zero-order valence-corrected chi connectivity index (χ0v) is 11.9. The first-order chi connectivity index (χ1) is 10.7. The van der Waals surface area contributed by atoms with E-state index in [2.05, 4.69) is 30.8 Å². The molecule has 3 aromatic rings. The fraction of sp³-hybridized carbons (Fsp3) is 0.0667. The molecule has 0 unspecified atom stereocenters. The van der Waals surface area contributed by atoms with E-state index in [1.807, 2.05) is 43.3 Å². The van der Waals surface area contributed by atoms with Crippen LogP contribution in [0.1, 0.15) is 5.56 Å². The van der Waals surface area contributed by atoms with Crippen molar-refractivity contribution in [1.29, 1.82) is 0 Å². The predicted octanol–water partition coefficient (Wildman–Crippen LogP) is 2.39. The van der Waals surface area contributed by atoms with Gasteiger partial charge in [-0.15, -0.1) is 0 Å². The number of hydrogen-bond donors (Lipinski definition) is 3. The van der Waals surface area contributed by atoms with E-state index in [9.17, 15) is 5.11 Å². The summed E-state index contributed by atoms with van der Waals surface area (Å²) in [5.74, 6) is 0.499. The zero-order chi connectivity index (χ0) is 15.4. The quantitative estimate of drug-likeness (QED) is 0.636. The van der Waals surface area contributed by atoms with Gasteiger partial charge in [-0.1, -0.05) is 24.3 Å². The second-order valence-corrected chi connectivity index (χ2v) is 4.62. The van der Waals surface area contributed by atoms with Crippen LogP contribution >= 0.6 is 0 Å². The Balaban J connectivity index is 1.82. The van der Waals surface area contributed by atoms with E-state index in [4.69, 9.17) is 0 Å². The highest BCUT2D eigenvalue weighted by atomic mass is 16.3. The van der Waals surface area contributed by atoms with Gasteiger partial charge in [-0.25, -0.2) is 0 Å². The van der Waals surface area contributed by atoms with Crippen LogP contribution in [0.4, 0.5) is 11.6 Å². The Hall–Kier alpha value is -3.22. The minimum atomic E-state index is -0.371. The summed E-state index contributed by atoms with van der Waals surface area (Å²) in [6.07, 6.45) is 1.71. The molecule has 0 spiro atoms. The van der Waals surface area contributed by atoms with Crippen molar-refractivity contribution >= 4 is 11.6 Å². The molecule has 1 aromatic carbocycles. The van der Waals surface area contributed by atoms with Crippen LogP contribution in [0.3, 0.4) is 0 Å². The van der Waals surface area contributed by atoms with Crippen LogP contribution in [0.5, 0.6) is 6.01 Å². The van der Waals surface area contributed by atoms with Gasteiger partial charge < -0.3 is 5.11 Å². The van der Waals surface area contributed by atoms with Crippen molar-refractivity contribution in [2.24, 2.45) is 0 Å². The summed E-state index contributed by atoms with van der Waals surface area (Å²) in [6.45, 7) is 1.94. The van der Waals surface area contributed by atoms with Gasteiger partial charge in [0.2, 0.25) is 5.95 Å². The van der Waals surface area contributed by atoms with Crippen LogP contribution in [0.15, 0.2) is 48.7 Å². The maximum absolute atomic E-state index is 9.65. The van der Waals surface area contributed by atoms with E-state index in [0.717, 1.165) is 11.3 Å². The molecule has 0 saturated heterocycles. The van der Waals surface area contributed by atoms with E-state index in [1.54, 1.807) is 12.3 Å². The maximum Gasteiger partial charge on any atom is 0.319 e. The van der Waals surface area contributed by atoms with Crippen LogP contribution < -0.4 is 10.9 Å². The lowest BCUT2D eigenvalue weighted by Gasteiger charge is -2.09. The third-order valence-electron chi connectivity index (χ3n) is 2.86. The van der Waals surface area contributed by atoms with E-state index in [0.29, 0.717) is 11.5 Å². The van der Waals surface area contributed by atoms with E-state index in [-0.39, 0.29) is 12.0 Å². The monoisotopic (exact) mass is 294 g/mol. The maximum atomic E-state index is 9.65. The van der Waals surface area contributed by atoms with E-state index in [1.165, 1.54) is 0 Å². The van der Waals surface area contributed by atoms with Crippen molar-refractivity contribution in [1.82, 2.24) is 19.9 Å². The van der Waals surface area contributed by atoms with Crippen LogP contribution in [-0.2, 0) is 0 Å². The molecular formula is C15H14N6O. The third-order valence-corrected chi connectivity index (χ3v) is 2.86. The lowest BCUT2D eigenvalue weighted by atomic mass is 10.3. The molecule has 0 aliphatic rings. The number of rotatable bonds is 4. The van der Waals surface area contributed by atoms with Gasteiger partial charge in [0.15, 0.2) is 5.82 Å². The molecule has 0 aliphatic heterocycles. The van der Waals surface area contributed by atoms with Crippen molar-refractivity contribution in [3.8, 4) is 17.5 Å². The topological polar surface area (TPSA) is 95.9 Å². The Morgan fingerprint density at radius 3 is 2.45 bits per heavy atom. The second kappa shape index (κ2) is 6.04. The Morgan fingerprint density at radius 1 is 0.909 bits per heavy atom. The zero-order valence-electron chi connectivity index (χ0n) is 11.9. The number of hydrogen-bond acceptors (Lipinski definition) is 7. The van der Waals surface area contributed by atoms with Crippen molar-refractivity contribution in [3.63, 3.8) is 0 Å². The van der Waals surface area contributed by atoms with Gasteiger partial charge in [-0.3, -0.25) is 15.8 Å². The molecule has 2 aromatic heterocycles. The highest BCUT2D eigenvalue weighted by Gasteiger charge is 2.08. The summed E-state index contributed by atoms with van der Waals surface area (Å²) in [5.41, 5.74) is 8.20. The smallest absolute Gasteiger partial charge is 0.319 e. The van der Waals surface area contributed by atoms with Crippen LogP contribution in [0.2, 0.25) is 0 Å². The fourth-order valence-corrected chi connectivity index (χ4v) is 1.78. The van der Waals surface area contributed by atoms with Gasteiger partial charge in [-0.2, -0.15) is 15.0 Å². The molecule has 3 N–H and O–H groups in total. The summed E-state index contributed by atoms with van der Waals surface area (Å²) >= 11 is 0. The highest BCUT2D eigenvalue weighted by Crippen LogP contribution is 2.16. The Bertz CT molecular complexity index is 761. The Labute approximate surface area is 127 Å². The minimum Gasteiger partial charge on any atom is -0.479 e. The molecule has 22 heavy (non-hydrogen) atoms. The standard InChI is InChI=1S/C15H14N6O/c1-10-7-8-12(16-9-10)13-17-14(19-15(22)18-13)21-20-11-5-3-2-4-6-11/h2-9,20H,1H3,(H2,17,18,19,21,22).